The fraction of sp³-hybridized carbons (Fsp3) is 0. The van der Waals surface area contributed by atoms with Crippen molar-refractivity contribution in [3.63, 3.8) is 0 Å². The first-order chi connectivity index (χ1) is 9.11. The average Bonchev–Trinajstić information content (AvgIpc) is 2.42. The average molecular weight is 253 g/mol. The summed E-state index contributed by atoms with van der Waals surface area (Å²) in [4.78, 5) is 12.0. The molecule has 0 heterocycles. The van der Waals surface area contributed by atoms with E-state index in [1.807, 2.05) is 6.07 Å². The van der Waals surface area contributed by atoms with Crippen LogP contribution in [0.2, 0.25) is 0 Å². The van der Waals surface area contributed by atoms with Crippen LogP contribution in [-0.4, -0.2) is 11.0 Å². The van der Waals surface area contributed by atoms with Gasteiger partial charge in [-0.1, -0.05) is 12.1 Å². The second-order valence-electron chi connectivity index (χ2n) is 3.89. The Morgan fingerprint density at radius 3 is 2.74 bits per heavy atom. The molecule has 2 aromatic rings. The zero-order chi connectivity index (χ0) is 13.8. The van der Waals surface area contributed by atoms with E-state index < -0.39 is 5.91 Å². The first-order valence-electron chi connectivity index (χ1n) is 5.51. The van der Waals surface area contributed by atoms with Crippen molar-refractivity contribution < 1.29 is 9.90 Å². The minimum atomic E-state index is -0.521. The summed E-state index contributed by atoms with van der Waals surface area (Å²) in [7, 11) is 0. The van der Waals surface area contributed by atoms with Crippen LogP contribution in [0.5, 0.6) is 5.75 Å². The summed E-state index contributed by atoms with van der Waals surface area (Å²) in [6.07, 6.45) is 0. The van der Waals surface area contributed by atoms with Crippen molar-refractivity contribution in [2.24, 2.45) is 0 Å². The van der Waals surface area contributed by atoms with E-state index >= 15 is 0 Å². The number of phenolic OH excluding ortho intramolecular Hbond substituents is 1. The maximum Gasteiger partial charge on any atom is 0.259 e. The number of aromatic hydroxyl groups is 1. The summed E-state index contributed by atoms with van der Waals surface area (Å²) in [5.74, 6) is -0.686. The molecule has 2 aromatic carbocycles. The number of nitrogens with one attached hydrogen (secondary N) is 1. The second-order valence-corrected chi connectivity index (χ2v) is 3.89. The molecule has 0 saturated heterocycles. The zero-order valence-electron chi connectivity index (χ0n) is 9.92. The van der Waals surface area contributed by atoms with Crippen molar-refractivity contribution in [1.82, 2.24) is 0 Å². The number of rotatable bonds is 2. The number of hydrogen-bond acceptors (Lipinski definition) is 4. The van der Waals surface area contributed by atoms with Crippen molar-refractivity contribution in [2.75, 3.05) is 11.1 Å². The summed E-state index contributed by atoms with van der Waals surface area (Å²) in [5, 5.41) is 21.1. The molecule has 0 saturated carbocycles. The maximum absolute atomic E-state index is 12.0. The Balaban J connectivity index is 2.31. The summed E-state index contributed by atoms with van der Waals surface area (Å²) in [6, 6.07) is 12.8. The highest BCUT2D eigenvalue weighted by atomic mass is 16.3. The highest BCUT2D eigenvalue weighted by molar-refractivity contribution is 6.07. The molecule has 0 unspecified atom stereocenters. The third kappa shape index (κ3) is 2.64. The molecule has 4 N–H and O–H groups in total. The first kappa shape index (κ1) is 12.5. The van der Waals surface area contributed by atoms with Gasteiger partial charge in [-0.3, -0.25) is 4.79 Å². The van der Waals surface area contributed by atoms with Gasteiger partial charge in [0.25, 0.3) is 5.91 Å². The van der Waals surface area contributed by atoms with E-state index in [2.05, 4.69) is 5.32 Å². The number of nitrogens with two attached hydrogens (primary N) is 1. The van der Waals surface area contributed by atoms with Crippen LogP contribution in [0, 0.1) is 11.3 Å². The summed E-state index contributed by atoms with van der Waals surface area (Å²) >= 11 is 0. The fourth-order valence-electron chi connectivity index (χ4n) is 1.61. The Labute approximate surface area is 109 Å². The molecular weight excluding hydrogens is 242 g/mol. The predicted molar refractivity (Wildman–Crippen MR) is 71.6 cm³/mol. The monoisotopic (exact) mass is 253 g/mol. The van der Waals surface area contributed by atoms with Gasteiger partial charge in [-0.2, -0.15) is 5.26 Å². The van der Waals surface area contributed by atoms with Gasteiger partial charge in [-0.05, 0) is 30.3 Å². The van der Waals surface area contributed by atoms with Crippen LogP contribution in [0.3, 0.4) is 0 Å². The van der Waals surface area contributed by atoms with Gasteiger partial charge in [0.2, 0.25) is 0 Å². The number of anilines is 2. The van der Waals surface area contributed by atoms with Crippen LogP contribution in [0.25, 0.3) is 0 Å². The van der Waals surface area contributed by atoms with Crippen LogP contribution in [0.15, 0.2) is 42.5 Å². The van der Waals surface area contributed by atoms with E-state index in [1.54, 1.807) is 24.3 Å². The summed E-state index contributed by atoms with van der Waals surface area (Å²) in [6.45, 7) is 0. The number of amides is 1. The van der Waals surface area contributed by atoms with Gasteiger partial charge in [0, 0.05) is 5.69 Å². The van der Waals surface area contributed by atoms with Gasteiger partial charge in [0.15, 0.2) is 0 Å². The van der Waals surface area contributed by atoms with Gasteiger partial charge in [-0.25, -0.2) is 0 Å². The van der Waals surface area contributed by atoms with Crippen LogP contribution in [0.1, 0.15) is 15.9 Å². The molecule has 2 rings (SSSR count). The lowest BCUT2D eigenvalue weighted by Gasteiger charge is -2.08. The molecule has 0 bridgehead atoms. The molecule has 5 nitrogen and oxygen atoms in total. The molecule has 0 aliphatic rings. The smallest absolute Gasteiger partial charge is 0.259 e. The number of para-hydroxylation sites is 1. The number of nitrogens with zero attached hydrogens (tertiary/aromatic N) is 1. The molecule has 0 fully saturated rings. The molecule has 1 amide bonds. The lowest BCUT2D eigenvalue weighted by Crippen LogP contribution is -2.13. The van der Waals surface area contributed by atoms with Gasteiger partial charge in [0.1, 0.15) is 11.8 Å². The van der Waals surface area contributed by atoms with E-state index in [1.165, 1.54) is 18.2 Å². The van der Waals surface area contributed by atoms with Crippen LogP contribution in [-0.2, 0) is 0 Å². The molecule has 0 aliphatic heterocycles. The van der Waals surface area contributed by atoms with Crippen molar-refractivity contribution >= 4 is 17.3 Å². The van der Waals surface area contributed by atoms with E-state index in [4.69, 9.17) is 11.0 Å². The number of carbonyl (C=O) groups excluding carboxylic acids is 1. The van der Waals surface area contributed by atoms with Gasteiger partial charge >= 0.3 is 0 Å². The molecule has 0 aliphatic carbocycles. The number of phenols is 1. The van der Waals surface area contributed by atoms with Crippen molar-refractivity contribution in [1.29, 1.82) is 5.26 Å². The molecule has 0 radical (unpaired) electrons. The molecule has 0 atom stereocenters. The first-order valence-corrected chi connectivity index (χ1v) is 5.51. The number of nitriles is 1. The zero-order valence-corrected chi connectivity index (χ0v) is 9.92. The molecule has 94 valence electrons. The van der Waals surface area contributed by atoms with Crippen molar-refractivity contribution in [3.8, 4) is 11.8 Å². The van der Waals surface area contributed by atoms with E-state index in [0.29, 0.717) is 16.9 Å². The standard InChI is InChI=1S/C14H11N3O2/c15-8-9-3-1-2-4-12(9)17-14(19)11-7-10(16)5-6-13(11)18/h1-7,18H,16H2,(H,17,19). The SMILES string of the molecule is N#Cc1ccccc1NC(=O)c1cc(N)ccc1O. The maximum atomic E-state index is 12.0. The van der Waals surface area contributed by atoms with E-state index in [-0.39, 0.29) is 11.3 Å². The highest BCUT2D eigenvalue weighted by Gasteiger charge is 2.13. The topological polar surface area (TPSA) is 99.1 Å². The van der Waals surface area contributed by atoms with Crippen LogP contribution < -0.4 is 11.1 Å². The van der Waals surface area contributed by atoms with Crippen LogP contribution >= 0.6 is 0 Å². The second kappa shape index (κ2) is 5.10. The molecule has 5 heteroatoms. The fourth-order valence-corrected chi connectivity index (χ4v) is 1.61. The molecular formula is C14H11N3O2. The number of hydrogen-bond donors (Lipinski definition) is 3. The largest absolute Gasteiger partial charge is 0.507 e. The van der Waals surface area contributed by atoms with Gasteiger partial charge in [0.05, 0.1) is 16.8 Å². The highest BCUT2D eigenvalue weighted by Crippen LogP contribution is 2.22. The Kier molecular flexibility index (Phi) is 3.35. The van der Waals surface area contributed by atoms with E-state index in [0.717, 1.165) is 0 Å². The number of nitrogen functional groups attached to an aromatic ring is 1. The van der Waals surface area contributed by atoms with Crippen molar-refractivity contribution in [2.45, 2.75) is 0 Å². The Bertz CT molecular complexity index is 675. The normalized spacial score (nSPS) is 9.63. The molecule has 19 heavy (non-hydrogen) atoms. The number of benzene rings is 2. The van der Waals surface area contributed by atoms with Crippen molar-refractivity contribution in [3.05, 3.63) is 53.6 Å². The molecule has 0 spiro atoms. The minimum absolute atomic E-state index is 0.0627. The summed E-state index contributed by atoms with van der Waals surface area (Å²) in [5.41, 5.74) is 6.74. The Hall–Kier alpha value is -3.00. The lowest BCUT2D eigenvalue weighted by molar-refractivity contribution is 0.102. The Morgan fingerprint density at radius 1 is 1.26 bits per heavy atom. The minimum Gasteiger partial charge on any atom is -0.507 e. The quantitative estimate of drug-likeness (QED) is 0.563. The van der Waals surface area contributed by atoms with Crippen LogP contribution in [0.4, 0.5) is 11.4 Å². The lowest BCUT2D eigenvalue weighted by atomic mass is 10.1. The Morgan fingerprint density at radius 2 is 2.00 bits per heavy atom. The molecule has 0 aromatic heterocycles. The van der Waals surface area contributed by atoms with Gasteiger partial charge < -0.3 is 16.2 Å². The third-order valence-electron chi connectivity index (χ3n) is 2.56. The number of carbonyl (C=O) groups is 1. The third-order valence-corrected chi connectivity index (χ3v) is 2.56. The van der Waals surface area contributed by atoms with E-state index in [9.17, 15) is 9.90 Å². The summed E-state index contributed by atoms with van der Waals surface area (Å²) < 4.78 is 0. The predicted octanol–water partition coefficient (Wildman–Crippen LogP) is 2.10. The van der Waals surface area contributed by atoms with Gasteiger partial charge in [-0.15, -0.1) is 0 Å².